The van der Waals surface area contributed by atoms with Crippen LogP contribution in [-0.4, -0.2) is 87.1 Å². The maximum absolute atomic E-state index is 11.5. The summed E-state index contributed by atoms with van der Waals surface area (Å²) in [6.07, 6.45) is 5.10. The first-order chi connectivity index (χ1) is 8.61. The molecule has 5 heteroatoms. The highest BCUT2D eigenvalue weighted by molar-refractivity contribution is 5.78. The van der Waals surface area contributed by atoms with Crippen LogP contribution in [0.1, 0.15) is 0 Å². The Labute approximate surface area is 110 Å². The van der Waals surface area contributed by atoms with E-state index in [1.807, 2.05) is 0 Å². The number of carbonyl (C=O) groups excluding carboxylic acids is 1. The molecular weight excluding hydrogens is 228 g/mol. The molecule has 0 unspecified atom stereocenters. The van der Waals surface area contributed by atoms with E-state index >= 15 is 0 Å². The van der Waals surface area contributed by atoms with E-state index < -0.39 is 0 Å². The van der Waals surface area contributed by atoms with E-state index in [9.17, 15) is 4.79 Å². The maximum atomic E-state index is 11.5. The molecule has 0 aliphatic carbocycles. The van der Waals surface area contributed by atoms with Crippen LogP contribution in [0.25, 0.3) is 0 Å². The van der Waals surface area contributed by atoms with Gasteiger partial charge in [0.1, 0.15) is 0 Å². The summed E-state index contributed by atoms with van der Waals surface area (Å²) in [6.45, 7) is 6.96. The number of carbonyl (C=O) groups is 1. The van der Waals surface area contributed by atoms with Gasteiger partial charge in [0.25, 0.3) is 0 Å². The molecule has 0 bridgehead atoms. The monoisotopic (exact) mass is 252 g/mol. The molecule has 0 spiro atoms. The minimum absolute atomic E-state index is 0.0229. The van der Waals surface area contributed by atoms with E-state index in [1.54, 1.807) is 0 Å². The van der Waals surface area contributed by atoms with Crippen molar-refractivity contribution in [1.29, 1.82) is 0 Å². The summed E-state index contributed by atoms with van der Waals surface area (Å²) < 4.78 is 0. The summed E-state index contributed by atoms with van der Waals surface area (Å²) in [4.78, 5) is 18.3. The van der Waals surface area contributed by atoms with Gasteiger partial charge in [-0.15, -0.1) is 6.42 Å². The van der Waals surface area contributed by atoms with E-state index in [0.29, 0.717) is 13.1 Å². The third kappa shape index (κ3) is 6.01. The lowest BCUT2D eigenvalue weighted by Gasteiger charge is -2.34. The fourth-order valence-corrected chi connectivity index (χ4v) is 1.92. The van der Waals surface area contributed by atoms with Crippen molar-refractivity contribution >= 4 is 5.91 Å². The number of hydrogen-bond acceptors (Lipinski definition) is 4. The van der Waals surface area contributed by atoms with Gasteiger partial charge in [-0.2, -0.15) is 0 Å². The van der Waals surface area contributed by atoms with Crippen LogP contribution in [0.15, 0.2) is 0 Å². The van der Waals surface area contributed by atoms with Crippen LogP contribution < -0.4 is 5.32 Å². The van der Waals surface area contributed by atoms with E-state index in [-0.39, 0.29) is 5.91 Å². The highest BCUT2D eigenvalue weighted by Crippen LogP contribution is 2.00. The first kappa shape index (κ1) is 15.0. The van der Waals surface area contributed by atoms with Gasteiger partial charge >= 0.3 is 0 Å². The number of rotatable bonds is 6. The van der Waals surface area contributed by atoms with Crippen LogP contribution in [0.4, 0.5) is 0 Å². The minimum atomic E-state index is 0.0229. The molecule has 0 aromatic rings. The summed E-state index contributed by atoms with van der Waals surface area (Å²) >= 11 is 0. The molecule has 1 amide bonds. The molecule has 0 saturated carbocycles. The van der Waals surface area contributed by atoms with Gasteiger partial charge in [0.2, 0.25) is 5.91 Å². The standard InChI is InChI=1S/C13H24N4O/c1-4-5-14-13(18)12-17-10-8-16(9-11-17)7-6-15(2)3/h1H,5-12H2,2-3H3,(H,14,18). The van der Waals surface area contributed by atoms with Gasteiger partial charge in [0.05, 0.1) is 13.1 Å². The van der Waals surface area contributed by atoms with Crippen molar-refractivity contribution in [2.24, 2.45) is 0 Å². The zero-order chi connectivity index (χ0) is 13.4. The molecule has 102 valence electrons. The number of amides is 1. The van der Waals surface area contributed by atoms with Crippen molar-refractivity contribution in [1.82, 2.24) is 20.0 Å². The second-order valence-electron chi connectivity index (χ2n) is 4.90. The zero-order valence-corrected chi connectivity index (χ0v) is 11.5. The van der Waals surface area contributed by atoms with Crippen molar-refractivity contribution in [3.63, 3.8) is 0 Å². The van der Waals surface area contributed by atoms with Gasteiger partial charge < -0.3 is 10.2 Å². The highest BCUT2D eigenvalue weighted by Gasteiger charge is 2.18. The molecule has 1 fully saturated rings. The molecule has 1 N–H and O–H groups in total. The van der Waals surface area contributed by atoms with Gasteiger partial charge in [-0.25, -0.2) is 0 Å². The van der Waals surface area contributed by atoms with E-state index in [1.165, 1.54) is 0 Å². The van der Waals surface area contributed by atoms with Crippen LogP contribution in [0.2, 0.25) is 0 Å². The second-order valence-corrected chi connectivity index (χ2v) is 4.90. The molecule has 0 aromatic heterocycles. The first-order valence-electron chi connectivity index (χ1n) is 6.41. The van der Waals surface area contributed by atoms with E-state index in [4.69, 9.17) is 6.42 Å². The Morgan fingerprint density at radius 2 is 1.89 bits per heavy atom. The Balaban J connectivity index is 2.15. The molecule has 1 aliphatic rings. The smallest absolute Gasteiger partial charge is 0.234 e. The van der Waals surface area contributed by atoms with E-state index in [0.717, 1.165) is 39.3 Å². The van der Waals surface area contributed by atoms with E-state index in [2.05, 4.69) is 40.0 Å². The van der Waals surface area contributed by atoms with Crippen molar-refractivity contribution < 1.29 is 4.79 Å². The Morgan fingerprint density at radius 1 is 1.28 bits per heavy atom. The molecule has 18 heavy (non-hydrogen) atoms. The average molecular weight is 252 g/mol. The predicted octanol–water partition coefficient (Wildman–Crippen LogP) is -1.08. The lowest BCUT2D eigenvalue weighted by molar-refractivity contribution is -0.122. The van der Waals surface area contributed by atoms with Crippen LogP contribution in [0.5, 0.6) is 0 Å². The lowest BCUT2D eigenvalue weighted by Crippen LogP contribution is -2.50. The molecule has 1 saturated heterocycles. The SMILES string of the molecule is C#CCNC(=O)CN1CCN(CCN(C)C)CC1. The summed E-state index contributed by atoms with van der Waals surface area (Å²) in [5.41, 5.74) is 0. The van der Waals surface area contributed by atoms with Gasteiger partial charge in [-0.05, 0) is 14.1 Å². The van der Waals surface area contributed by atoms with Gasteiger partial charge in [0, 0.05) is 39.3 Å². The third-order valence-electron chi connectivity index (χ3n) is 3.08. The van der Waals surface area contributed by atoms with Crippen molar-refractivity contribution in [2.75, 3.05) is 66.5 Å². The molecule has 0 radical (unpaired) electrons. The average Bonchev–Trinajstić information content (AvgIpc) is 2.35. The predicted molar refractivity (Wildman–Crippen MR) is 73.3 cm³/mol. The number of terminal acetylenes is 1. The Kier molecular flexibility index (Phi) is 6.73. The topological polar surface area (TPSA) is 38.8 Å². The highest BCUT2D eigenvalue weighted by atomic mass is 16.2. The van der Waals surface area contributed by atoms with Gasteiger partial charge in [-0.1, -0.05) is 5.92 Å². The number of likely N-dealkylation sites (N-methyl/N-ethyl adjacent to an activating group) is 1. The Morgan fingerprint density at radius 3 is 2.44 bits per heavy atom. The van der Waals surface area contributed by atoms with Crippen LogP contribution in [-0.2, 0) is 4.79 Å². The fourth-order valence-electron chi connectivity index (χ4n) is 1.92. The molecule has 1 aliphatic heterocycles. The van der Waals surface area contributed by atoms with Crippen LogP contribution in [0.3, 0.4) is 0 Å². The molecule has 0 aromatic carbocycles. The van der Waals surface area contributed by atoms with Gasteiger partial charge in [0.15, 0.2) is 0 Å². The number of piperazine rings is 1. The molecule has 0 atom stereocenters. The molecule has 1 heterocycles. The van der Waals surface area contributed by atoms with Gasteiger partial charge in [-0.3, -0.25) is 14.6 Å². The zero-order valence-electron chi connectivity index (χ0n) is 11.5. The lowest BCUT2D eigenvalue weighted by atomic mass is 10.3. The fraction of sp³-hybridized carbons (Fsp3) is 0.769. The third-order valence-corrected chi connectivity index (χ3v) is 3.08. The second kappa shape index (κ2) is 8.09. The number of hydrogen-bond donors (Lipinski definition) is 1. The summed E-state index contributed by atoms with van der Waals surface area (Å²) in [5.74, 6) is 2.43. The summed E-state index contributed by atoms with van der Waals surface area (Å²) in [6, 6.07) is 0. The molecular formula is C13H24N4O. The van der Waals surface area contributed by atoms with Crippen molar-refractivity contribution in [2.45, 2.75) is 0 Å². The minimum Gasteiger partial charge on any atom is -0.344 e. The van der Waals surface area contributed by atoms with Crippen molar-refractivity contribution in [3.8, 4) is 12.3 Å². The van der Waals surface area contributed by atoms with Crippen molar-refractivity contribution in [3.05, 3.63) is 0 Å². The summed E-state index contributed by atoms with van der Waals surface area (Å²) in [5, 5.41) is 2.69. The normalized spacial score (nSPS) is 17.7. The summed E-state index contributed by atoms with van der Waals surface area (Å²) in [7, 11) is 4.18. The number of nitrogens with zero attached hydrogens (tertiary/aromatic N) is 3. The first-order valence-corrected chi connectivity index (χ1v) is 6.41. The molecule has 5 nitrogen and oxygen atoms in total. The number of nitrogens with one attached hydrogen (secondary N) is 1. The largest absolute Gasteiger partial charge is 0.344 e. The maximum Gasteiger partial charge on any atom is 0.234 e. The molecule has 1 rings (SSSR count). The Bertz CT molecular complexity index is 290. The van der Waals surface area contributed by atoms with Crippen LogP contribution >= 0.6 is 0 Å². The quantitative estimate of drug-likeness (QED) is 0.610. The Hall–Kier alpha value is -1.09. The van der Waals surface area contributed by atoms with Crippen LogP contribution in [0, 0.1) is 12.3 Å².